The largest absolute Gasteiger partial charge is 0.294 e. The predicted octanol–water partition coefficient (Wildman–Crippen LogP) is -0.750. The molecule has 14 heteroatoms. The molecular weight excluding hydrogens is 560 g/mol. The molecule has 0 spiro atoms. The normalized spacial score (nSPS) is 10.2. The average Bonchev–Trinajstić information content (AvgIpc) is 2.97. The molecule has 222 valence electrons. The highest BCUT2D eigenvalue weighted by atomic mass is 16.2. The first-order chi connectivity index (χ1) is 19.7. The zero-order chi connectivity index (χ0) is 32.2. The van der Waals surface area contributed by atoms with Gasteiger partial charge in [0.1, 0.15) is 5.94 Å². The Morgan fingerprint density at radius 2 is 0.833 bits per heavy atom. The second-order valence-corrected chi connectivity index (χ2v) is 8.62. The molecule has 42 heavy (non-hydrogen) atoms. The Hall–Kier alpha value is -5.10. The number of rotatable bonds is 25. The smallest absolute Gasteiger partial charge is 0.261 e. The molecule has 14 nitrogen and oxygen atoms in total. The van der Waals surface area contributed by atoms with Gasteiger partial charge in [-0.2, -0.15) is 0 Å². The molecule has 0 aliphatic carbocycles. The molecule has 0 rings (SSSR count). The molecule has 0 aromatic carbocycles. The summed E-state index contributed by atoms with van der Waals surface area (Å²) in [6.07, 6.45) is -2.64. The lowest BCUT2D eigenvalue weighted by Gasteiger charge is -2.02. The molecule has 0 saturated heterocycles. The Balaban J connectivity index is 4.31. The van der Waals surface area contributed by atoms with E-state index < -0.39 is 102 Å². The van der Waals surface area contributed by atoms with Gasteiger partial charge in [-0.3, -0.25) is 62.3 Å². The summed E-state index contributed by atoms with van der Waals surface area (Å²) >= 11 is 0. The lowest BCUT2D eigenvalue weighted by molar-refractivity contribution is -0.144. The molecule has 0 N–H and O–H groups in total. The third-order valence-electron chi connectivity index (χ3n) is 5.39. The van der Waals surface area contributed by atoms with Crippen molar-refractivity contribution >= 4 is 81.6 Å². The van der Waals surface area contributed by atoms with E-state index in [9.17, 15) is 67.1 Å². The van der Waals surface area contributed by atoms with E-state index in [1.165, 1.54) is 5.94 Å². The molecule has 0 amide bonds. The molecule has 0 aromatic heterocycles. The van der Waals surface area contributed by atoms with Crippen molar-refractivity contribution in [1.82, 2.24) is 0 Å². The Morgan fingerprint density at radius 3 is 1.31 bits per heavy atom. The third kappa shape index (κ3) is 14.9. The van der Waals surface area contributed by atoms with Crippen LogP contribution >= 0.6 is 0 Å². The summed E-state index contributed by atoms with van der Waals surface area (Å²) in [6, 6.07) is 0. The summed E-state index contributed by atoms with van der Waals surface area (Å²) in [5.74, 6) is -11.6. The summed E-state index contributed by atoms with van der Waals surface area (Å²) < 4.78 is 0. The number of allylic oxidation sites excluding steroid dienone is 3. The number of aldehydes is 1. The van der Waals surface area contributed by atoms with E-state index in [0.29, 0.717) is 12.2 Å². The van der Waals surface area contributed by atoms with Crippen molar-refractivity contribution in [2.75, 3.05) is 0 Å². The van der Waals surface area contributed by atoms with Crippen molar-refractivity contribution in [3.05, 3.63) is 18.2 Å². The van der Waals surface area contributed by atoms with Gasteiger partial charge in [0.15, 0.2) is 35.2 Å². The molecule has 0 aliphatic heterocycles. The standard InChI is InChI=1S/C28H26O14/c29-14-4-9-21(35)24(38)11-10-22(36)18(32)6-2-1-5-17(31)19(33)7-3-8-20(34)23(37)12-13-25(39)26(40)15-27(41)28(42)16-30/h4,10-11,16H,1-3,5-9,12-13,15H2/b11-10-. The summed E-state index contributed by atoms with van der Waals surface area (Å²) in [5.41, 5.74) is 0. The van der Waals surface area contributed by atoms with Crippen LogP contribution in [0.1, 0.15) is 70.6 Å². The van der Waals surface area contributed by atoms with Gasteiger partial charge in [0.25, 0.3) is 5.78 Å². The van der Waals surface area contributed by atoms with Crippen LogP contribution in [0.3, 0.4) is 0 Å². The number of unbranched alkanes of at least 4 members (excludes halogenated alkanes) is 1. The van der Waals surface area contributed by atoms with Gasteiger partial charge in [0.2, 0.25) is 34.7 Å². The van der Waals surface area contributed by atoms with Crippen molar-refractivity contribution in [2.45, 2.75) is 70.6 Å². The maximum Gasteiger partial charge on any atom is 0.261 e. The van der Waals surface area contributed by atoms with Crippen LogP contribution in [0.15, 0.2) is 18.2 Å². The molecule has 0 aliphatic rings. The second kappa shape index (κ2) is 19.9. The maximum atomic E-state index is 11.9. The molecule has 0 saturated carbocycles. The van der Waals surface area contributed by atoms with E-state index in [0.717, 1.165) is 6.08 Å². The van der Waals surface area contributed by atoms with Crippen LogP contribution in [0.25, 0.3) is 0 Å². The number of carbonyl (C=O) groups is 13. The van der Waals surface area contributed by atoms with Gasteiger partial charge in [-0.25, -0.2) is 4.79 Å². The molecule has 0 fully saturated rings. The highest BCUT2D eigenvalue weighted by molar-refractivity contribution is 6.61. The van der Waals surface area contributed by atoms with Gasteiger partial charge in [-0.1, -0.05) is 0 Å². The Labute approximate surface area is 237 Å². The molecular formula is C28H26O14. The lowest BCUT2D eigenvalue weighted by atomic mass is 9.99. The predicted molar refractivity (Wildman–Crippen MR) is 136 cm³/mol. The van der Waals surface area contributed by atoms with E-state index >= 15 is 0 Å². The van der Waals surface area contributed by atoms with E-state index in [4.69, 9.17) is 0 Å². The van der Waals surface area contributed by atoms with Gasteiger partial charge in [-0.15, -0.1) is 0 Å². The number of Topliss-reactive ketones (excluding diaryl/α,β-unsaturated/α-hetero) is 10. The minimum atomic E-state index is -1.49. The summed E-state index contributed by atoms with van der Waals surface area (Å²) in [4.78, 5) is 159. The first kappa shape index (κ1) is 36.9. The molecule has 0 heterocycles. The minimum Gasteiger partial charge on any atom is -0.294 e. The fourth-order valence-corrected chi connectivity index (χ4v) is 3.00. The molecule has 0 atom stereocenters. The van der Waals surface area contributed by atoms with Crippen LogP contribution in [0.4, 0.5) is 0 Å². The fraction of sp³-hybridized carbons (Fsp3) is 0.393. The monoisotopic (exact) mass is 586 g/mol. The summed E-state index contributed by atoms with van der Waals surface area (Å²) in [6.45, 7) is 0. The Bertz CT molecular complexity index is 1290. The van der Waals surface area contributed by atoms with Crippen LogP contribution in [0.5, 0.6) is 0 Å². The zero-order valence-electron chi connectivity index (χ0n) is 22.3. The average molecular weight is 587 g/mol. The number of carbonyl (C=O) groups excluding carboxylic acids is 14. The molecule has 0 aromatic rings. The van der Waals surface area contributed by atoms with Crippen LogP contribution in [-0.2, 0) is 67.1 Å². The molecule has 0 unspecified atom stereocenters. The van der Waals surface area contributed by atoms with Crippen LogP contribution in [0, 0.1) is 0 Å². The highest BCUT2D eigenvalue weighted by Crippen LogP contribution is 2.08. The Morgan fingerprint density at radius 1 is 0.429 bits per heavy atom. The summed E-state index contributed by atoms with van der Waals surface area (Å²) in [7, 11) is 0. The number of hydrogen-bond acceptors (Lipinski definition) is 14. The second-order valence-electron chi connectivity index (χ2n) is 8.62. The molecule has 0 bridgehead atoms. The Kier molecular flexibility index (Phi) is 17.5. The lowest BCUT2D eigenvalue weighted by Crippen LogP contribution is -2.24. The van der Waals surface area contributed by atoms with E-state index in [1.54, 1.807) is 0 Å². The van der Waals surface area contributed by atoms with Gasteiger partial charge < -0.3 is 0 Å². The zero-order valence-corrected chi connectivity index (χ0v) is 22.3. The van der Waals surface area contributed by atoms with Crippen LogP contribution in [-0.4, -0.2) is 81.6 Å². The first-order valence-corrected chi connectivity index (χ1v) is 12.5. The van der Waals surface area contributed by atoms with E-state index in [1.807, 2.05) is 0 Å². The van der Waals surface area contributed by atoms with E-state index in [-0.39, 0.29) is 44.8 Å². The van der Waals surface area contributed by atoms with Gasteiger partial charge in [0.05, 0.1) is 6.42 Å². The van der Waals surface area contributed by atoms with Crippen molar-refractivity contribution in [2.24, 2.45) is 0 Å². The van der Waals surface area contributed by atoms with Gasteiger partial charge in [0, 0.05) is 51.0 Å². The fourth-order valence-electron chi connectivity index (χ4n) is 3.00. The van der Waals surface area contributed by atoms with Crippen LogP contribution < -0.4 is 0 Å². The van der Waals surface area contributed by atoms with Crippen LogP contribution in [0.2, 0.25) is 0 Å². The maximum absolute atomic E-state index is 11.9. The highest BCUT2D eigenvalue weighted by Gasteiger charge is 2.24. The first-order valence-electron chi connectivity index (χ1n) is 12.5. The number of ketones is 12. The van der Waals surface area contributed by atoms with Crippen molar-refractivity contribution < 1.29 is 67.1 Å². The van der Waals surface area contributed by atoms with Crippen molar-refractivity contribution in [3.63, 3.8) is 0 Å². The van der Waals surface area contributed by atoms with Gasteiger partial charge >= 0.3 is 0 Å². The SMILES string of the molecule is O=C=CCC(=O)C(=O)/C=C\C(=O)C(=O)CCCCC(=O)C(=O)CCCC(=O)C(=O)CCC(=O)C(=O)CC(=O)C(=O)C=O. The topological polar surface area (TPSA) is 239 Å². The van der Waals surface area contributed by atoms with Crippen molar-refractivity contribution in [3.8, 4) is 0 Å². The quantitative estimate of drug-likeness (QED) is 0.0319. The van der Waals surface area contributed by atoms with Gasteiger partial charge in [-0.05, 0) is 31.4 Å². The summed E-state index contributed by atoms with van der Waals surface area (Å²) in [5, 5.41) is 0. The van der Waals surface area contributed by atoms with E-state index in [2.05, 4.69) is 0 Å². The van der Waals surface area contributed by atoms with Crippen molar-refractivity contribution in [1.29, 1.82) is 0 Å². The minimum absolute atomic E-state index is 0.0597. The molecule has 0 radical (unpaired) electrons. The number of hydrogen-bond donors (Lipinski definition) is 0. The third-order valence-corrected chi connectivity index (χ3v) is 5.39.